The molecule has 0 saturated carbocycles. The van der Waals surface area contributed by atoms with E-state index in [1.807, 2.05) is 18.2 Å². The first-order valence-electron chi connectivity index (χ1n) is 10.1. The Bertz CT molecular complexity index is 627. The highest BCUT2D eigenvalue weighted by molar-refractivity contribution is 7.82. The third-order valence-corrected chi connectivity index (χ3v) is 6.27. The molecule has 2 heteroatoms. The molecule has 0 nitrogen and oxygen atoms in total. The molecule has 0 heterocycles. The number of rotatable bonds is 12. The van der Waals surface area contributed by atoms with E-state index in [0.717, 1.165) is 34.6 Å². The number of hydrogen-bond donors (Lipinski definition) is 0. The monoisotopic (exact) mass is 384 g/mol. The molecule has 1 aromatic rings. The Labute approximate surface area is 170 Å². The zero-order valence-corrected chi connectivity index (χ0v) is 17.7. The Morgan fingerprint density at radius 2 is 1.62 bits per heavy atom. The Balaban J connectivity index is 1.89. The molecular weight excluding hydrogens is 352 g/mol. The van der Waals surface area contributed by atoms with Crippen LogP contribution in [0.5, 0.6) is 0 Å². The Hall–Kier alpha value is -1.12. The Kier molecular flexibility index (Phi) is 9.42. The van der Waals surface area contributed by atoms with Crippen molar-refractivity contribution in [1.29, 1.82) is 0 Å². The molecule has 1 aliphatic carbocycles. The molecule has 0 saturated heterocycles. The number of thiocarbonyl (C=S) groups is 2. The average Bonchev–Trinajstić information content (AvgIpc) is 2.68. The molecule has 1 unspecified atom stereocenters. The van der Waals surface area contributed by atoms with Crippen molar-refractivity contribution in [3.63, 3.8) is 0 Å². The zero-order valence-electron chi connectivity index (χ0n) is 16.1. The first-order valence-corrected chi connectivity index (χ1v) is 11.0. The smallest absolute Gasteiger partial charge is 0.0273 e. The largest absolute Gasteiger partial charge is 0.0883 e. The lowest BCUT2D eigenvalue weighted by Crippen LogP contribution is -2.30. The van der Waals surface area contributed by atoms with Crippen molar-refractivity contribution in [2.75, 3.05) is 0 Å². The van der Waals surface area contributed by atoms with Crippen LogP contribution >= 0.6 is 24.4 Å². The van der Waals surface area contributed by atoms with Crippen LogP contribution in [-0.4, -0.2) is 9.73 Å². The van der Waals surface area contributed by atoms with Gasteiger partial charge < -0.3 is 0 Å². The summed E-state index contributed by atoms with van der Waals surface area (Å²) in [5, 5.41) is 0. The second-order valence-electron chi connectivity index (χ2n) is 7.41. The fourth-order valence-corrected chi connectivity index (χ4v) is 4.41. The summed E-state index contributed by atoms with van der Waals surface area (Å²) in [6.45, 7) is 2.27. The van der Waals surface area contributed by atoms with Gasteiger partial charge in [0.25, 0.3) is 0 Å². The van der Waals surface area contributed by atoms with Crippen molar-refractivity contribution in [2.45, 2.75) is 71.1 Å². The minimum absolute atomic E-state index is 0.0202. The highest BCUT2D eigenvalue weighted by Crippen LogP contribution is 2.37. The van der Waals surface area contributed by atoms with E-state index in [4.69, 9.17) is 24.4 Å². The van der Waals surface area contributed by atoms with E-state index in [2.05, 4.69) is 43.4 Å². The van der Waals surface area contributed by atoms with E-state index in [-0.39, 0.29) is 5.41 Å². The van der Waals surface area contributed by atoms with Crippen molar-refractivity contribution in [3.8, 4) is 0 Å². The maximum absolute atomic E-state index is 5.93. The summed E-state index contributed by atoms with van der Waals surface area (Å²) < 4.78 is 0. The lowest BCUT2D eigenvalue weighted by Gasteiger charge is -2.33. The van der Waals surface area contributed by atoms with Gasteiger partial charge in [0.15, 0.2) is 0 Å². The molecular formula is C24H32S2. The predicted molar refractivity (Wildman–Crippen MR) is 123 cm³/mol. The van der Waals surface area contributed by atoms with Crippen LogP contribution in [0, 0.1) is 5.41 Å². The molecule has 0 radical (unpaired) electrons. The van der Waals surface area contributed by atoms with Crippen LogP contribution in [-0.2, 0) is 0 Å². The maximum Gasteiger partial charge on any atom is 0.0273 e. The van der Waals surface area contributed by atoms with E-state index in [1.165, 1.54) is 44.9 Å². The van der Waals surface area contributed by atoms with Gasteiger partial charge in [-0.15, -0.1) is 0 Å². The second-order valence-corrected chi connectivity index (χ2v) is 8.39. The van der Waals surface area contributed by atoms with Crippen molar-refractivity contribution in [1.82, 2.24) is 0 Å². The number of unbranched alkanes of at least 4 members (excludes halogenated alkanes) is 6. The normalized spacial score (nSPS) is 18.8. The highest BCUT2D eigenvalue weighted by Gasteiger charge is 2.31. The predicted octanol–water partition coefficient (Wildman–Crippen LogP) is 7.81. The topological polar surface area (TPSA) is 0 Å². The van der Waals surface area contributed by atoms with E-state index >= 15 is 0 Å². The molecule has 0 fully saturated rings. The van der Waals surface area contributed by atoms with Gasteiger partial charge in [-0.3, -0.25) is 0 Å². The van der Waals surface area contributed by atoms with Gasteiger partial charge in [-0.25, -0.2) is 0 Å². The molecule has 0 amide bonds. The highest BCUT2D eigenvalue weighted by atomic mass is 32.1. The van der Waals surface area contributed by atoms with Crippen LogP contribution in [0.25, 0.3) is 0 Å². The molecule has 0 bridgehead atoms. The van der Waals surface area contributed by atoms with Gasteiger partial charge in [-0.1, -0.05) is 131 Å². The lowest BCUT2D eigenvalue weighted by atomic mass is 9.73. The fraction of sp³-hybridized carbons (Fsp3) is 0.500. The van der Waals surface area contributed by atoms with Gasteiger partial charge in [-0.2, -0.15) is 0 Å². The maximum atomic E-state index is 5.93. The van der Waals surface area contributed by atoms with Crippen molar-refractivity contribution in [3.05, 3.63) is 60.2 Å². The zero-order chi connectivity index (χ0) is 18.7. The average molecular weight is 385 g/mol. The van der Waals surface area contributed by atoms with Crippen molar-refractivity contribution < 1.29 is 0 Å². The van der Waals surface area contributed by atoms with E-state index in [0.29, 0.717) is 0 Å². The minimum atomic E-state index is 0.0202. The molecule has 1 aromatic carbocycles. The van der Waals surface area contributed by atoms with Gasteiger partial charge in [0, 0.05) is 21.6 Å². The van der Waals surface area contributed by atoms with Crippen LogP contribution in [0.15, 0.2) is 54.6 Å². The van der Waals surface area contributed by atoms with Gasteiger partial charge in [0.1, 0.15) is 0 Å². The summed E-state index contributed by atoms with van der Waals surface area (Å²) in [5.74, 6) is 0. The summed E-state index contributed by atoms with van der Waals surface area (Å²) in [6.07, 6.45) is 21.2. The van der Waals surface area contributed by atoms with Crippen LogP contribution in [0.1, 0.15) is 76.7 Å². The van der Waals surface area contributed by atoms with Crippen molar-refractivity contribution in [2.24, 2.45) is 5.41 Å². The lowest BCUT2D eigenvalue weighted by molar-refractivity contribution is 0.450. The van der Waals surface area contributed by atoms with Gasteiger partial charge in [0.2, 0.25) is 0 Å². The number of allylic oxidation sites excluding steroid dienone is 4. The van der Waals surface area contributed by atoms with E-state index in [9.17, 15) is 0 Å². The summed E-state index contributed by atoms with van der Waals surface area (Å²) >= 11 is 11.6. The summed E-state index contributed by atoms with van der Waals surface area (Å²) in [5.41, 5.74) is 1.15. The molecule has 26 heavy (non-hydrogen) atoms. The van der Waals surface area contributed by atoms with Gasteiger partial charge >= 0.3 is 0 Å². The molecule has 1 aliphatic rings. The Morgan fingerprint density at radius 1 is 0.923 bits per heavy atom. The Morgan fingerprint density at radius 3 is 2.27 bits per heavy atom. The molecule has 0 aromatic heterocycles. The van der Waals surface area contributed by atoms with Gasteiger partial charge in [-0.05, 0) is 18.4 Å². The quantitative estimate of drug-likeness (QED) is 0.205. The van der Waals surface area contributed by atoms with Crippen LogP contribution < -0.4 is 0 Å². The number of benzene rings is 1. The molecule has 1 atom stereocenters. The molecule has 140 valence electrons. The molecule has 0 spiro atoms. The minimum Gasteiger partial charge on any atom is -0.0883 e. The third kappa shape index (κ3) is 6.55. The van der Waals surface area contributed by atoms with Crippen LogP contribution in [0.2, 0.25) is 0 Å². The second kappa shape index (κ2) is 11.6. The summed E-state index contributed by atoms with van der Waals surface area (Å²) in [6, 6.07) is 10.3. The molecule has 2 rings (SSSR count). The van der Waals surface area contributed by atoms with E-state index < -0.39 is 0 Å². The first-order chi connectivity index (χ1) is 12.7. The standard InChI is InChI=1S/C24H32S2/c1-2-3-4-5-6-7-12-17-24(18-13-9-14-19-24)23(26)20-22(25)21-15-10-8-11-16-21/h8-11,13-16,18H,2-7,12,17,19-20H2,1H3. The number of hydrogen-bond acceptors (Lipinski definition) is 2. The van der Waals surface area contributed by atoms with Crippen LogP contribution in [0.3, 0.4) is 0 Å². The third-order valence-electron chi connectivity index (χ3n) is 5.34. The van der Waals surface area contributed by atoms with E-state index in [1.54, 1.807) is 0 Å². The molecule has 0 aliphatic heterocycles. The summed E-state index contributed by atoms with van der Waals surface area (Å²) in [4.78, 5) is 2.08. The van der Waals surface area contributed by atoms with Gasteiger partial charge in [0.05, 0.1) is 0 Å². The van der Waals surface area contributed by atoms with Crippen LogP contribution in [0.4, 0.5) is 0 Å². The first kappa shape index (κ1) is 21.2. The van der Waals surface area contributed by atoms with Crippen molar-refractivity contribution >= 4 is 34.2 Å². The molecule has 0 N–H and O–H groups in total. The fourth-order valence-electron chi connectivity index (χ4n) is 3.64. The SMILES string of the molecule is CCCCCCCCCC1(C(=S)CC(=S)c2ccccc2)C=CC=CC1. The summed E-state index contributed by atoms with van der Waals surface area (Å²) in [7, 11) is 0.